The van der Waals surface area contributed by atoms with E-state index in [2.05, 4.69) is 20.8 Å². The summed E-state index contributed by atoms with van der Waals surface area (Å²) in [6, 6.07) is 0. The first-order chi connectivity index (χ1) is 8.14. The van der Waals surface area contributed by atoms with Crippen molar-refractivity contribution in [1.82, 2.24) is 0 Å². The van der Waals surface area contributed by atoms with E-state index in [9.17, 15) is 5.11 Å². The standard InChI is InChI=1S/C15H33NO.H2O/c1-4-7-10-14(13-17)15(16,11-8-5-2)12-9-6-3;/h14,17H,4-13,16H2,1-3H3;1H2. The summed E-state index contributed by atoms with van der Waals surface area (Å²) >= 11 is 0. The van der Waals surface area contributed by atoms with Crippen LogP contribution in [0.5, 0.6) is 0 Å². The highest BCUT2D eigenvalue weighted by Gasteiger charge is 2.32. The summed E-state index contributed by atoms with van der Waals surface area (Å²) in [5.41, 5.74) is 6.48. The van der Waals surface area contributed by atoms with Crippen LogP contribution in [0.2, 0.25) is 0 Å². The van der Waals surface area contributed by atoms with E-state index in [1.54, 1.807) is 0 Å². The molecule has 1 atom stereocenters. The van der Waals surface area contributed by atoms with Crippen LogP contribution in [0.3, 0.4) is 0 Å². The minimum atomic E-state index is -0.129. The molecule has 0 spiro atoms. The maximum Gasteiger partial charge on any atom is 0.0476 e. The normalized spacial score (nSPS) is 13.2. The largest absolute Gasteiger partial charge is 0.412 e. The molecular formula is C15H35NO2. The molecule has 0 aromatic rings. The van der Waals surface area contributed by atoms with Crippen LogP contribution >= 0.6 is 0 Å². The molecule has 0 fully saturated rings. The third kappa shape index (κ3) is 7.34. The van der Waals surface area contributed by atoms with Gasteiger partial charge < -0.3 is 16.3 Å². The van der Waals surface area contributed by atoms with Crippen LogP contribution < -0.4 is 5.73 Å². The lowest BCUT2D eigenvalue weighted by Gasteiger charge is -2.37. The first-order valence-corrected chi connectivity index (χ1v) is 7.54. The van der Waals surface area contributed by atoms with Crippen LogP contribution in [0, 0.1) is 5.92 Å². The summed E-state index contributed by atoms with van der Waals surface area (Å²) in [5.74, 6) is 0.292. The Kier molecular flexibility index (Phi) is 13.4. The van der Waals surface area contributed by atoms with Crippen molar-refractivity contribution in [2.24, 2.45) is 11.7 Å². The second-order valence-electron chi connectivity index (χ2n) is 5.46. The molecule has 0 aromatic heterocycles. The van der Waals surface area contributed by atoms with E-state index in [4.69, 9.17) is 5.73 Å². The van der Waals surface area contributed by atoms with E-state index in [1.807, 2.05) is 0 Å². The quantitative estimate of drug-likeness (QED) is 0.599. The highest BCUT2D eigenvalue weighted by atomic mass is 16.3. The molecule has 3 nitrogen and oxygen atoms in total. The van der Waals surface area contributed by atoms with Gasteiger partial charge in [0.2, 0.25) is 0 Å². The van der Waals surface area contributed by atoms with Crippen LogP contribution in [0.15, 0.2) is 0 Å². The van der Waals surface area contributed by atoms with Crippen molar-refractivity contribution in [1.29, 1.82) is 0 Å². The molecule has 0 aliphatic rings. The molecule has 0 aliphatic heterocycles. The highest BCUT2D eigenvalue weighted by Crippen LogP contribution is 2.30. The summed E-state index contributed by atoms with van der Waals surface area (Å²) in [7, 11) is 0. The van der Waals surface area contributed by atoms with E-state index >= 15 is 0 Å². The Morgan fingerprint density at radius 3 is 1.72 bits per heavy atom. The molecule has 3 heteroatoms. The molecule has 0 amide bonds. The molecule has 0 bridgehead atoms. The van der Waals surface area contributed by atoms with Gasteiger partial charge in [0, 0.05) is 12.1 Å². The van der Waals surface area contributed by atoms with Crippen molar-refractivity contribution in [3.8, 4) is 0 Å². The topological polar surface area (TPSA) is 77.8 Å². The zero-order chi connectivity index (χ0) is 13.1. The Hall–Kier alpha value is -0.120. The number of unbranched alkanes of at least 4 members (excludes halogenated alkanes) is 3. The number of rotatable bonds is 11. The lowest BCUT2D eigenvalue weighted by molar-refractivity contribution is 0.122. The molecule has 0 aromatic carbocycles. The van der Waals surface area contributed by atoms with Gasteiger partial charge in [0.15, 0.2) is 0 Å². The summed E-state index contributed by atoms with van der Waals surface area (Å²) < 4.78 is 0. The predicted molar refractivity (Wildman–Crippen MR) is 79.7 cm³/mol. The molecule has 0 aliphatic carbocycles. The Balaban J connectivity index is 0. The molecule has 18 heavy (non-hydrogen) atoms. The lowest BCUT2D eigenvalue weighted by Crippen LogP contribution is -2.48. The maximum absolute atomic E-state index is 9.61. The molecule has 0 radical (unpaired) electrons. The molecule has 5 N–H and O–H groups in total. The average Bonchev–Trinajstić information content (AvgIpc) is 2.35. The summed E-state index contributed by atoms with van der Waals surface area (Å²) in [5, 5.41) is 9.61. The Morgan fingerprint density at radius 2 is 1.39 bits per heavy atom. The summed E-state index contributed by atoms with van der Waals surface area (Å²) in [4.78, 5) is 0. The van der Waals surface area contributed by atoms with Crippen LogP contribution in [0.4, 0.5) is 0 Å². The molecule has 0 rings (SSSR count). The van der Waals surface area contributed by atoms with Gasteiger partial charge in [-0.15, -0.1) is 0 Å². The van der Waals surface area contributed by atoms with Gasteiger partial charge in [-0.2, -0.15) is 0 Å². The first kappa shape index (κ1) is 20.2. The van der Waals surface area contributed by atoms with E-state index in [-0.39, 0.29) is 17.6 Å². The first-order valence-electron chi connectivity index (χ1n) is 7.54. The summed E-state index contributed by atoms with van der Waals surface area (Å²) in [6.07, 6.45) is 10.3. The van der Waals surface area contributed by atoms with Gasteiger partial charge in [0.25, 0.3) is 0 Å². The second kappa shape index (κ2) is 11.9. The Morgan fingerprint density at radius 1 is 0.944 bits per heavy atom. The van der Waals surface area contributed by atoms with E-state index in [0.29, 0.717) is 5.92 Å². The summed E-state index contributed by atoms with van der Waals surface area (Å²) in [6.45, 7) is 6.87. The number of aliphatic hydroxyl groups excluding tert-OH is 1. The van der Waals surface area contributed by atoms with Crippen LogP contribution in [-0.2, 0) is 0 Å². The van der Waals surface area contributed by atoms with Gasteiger partial charge in [0.05, 0.1) is 0 Å². The van der Waals surface area contributed by atoms with Crippen molar-refractivity contribution in [3.63, 3.8) is 0 Å². The third-order valence-electron chi connectivity index (χ3n) is 3.93. The van der Waals surface area contributed by atoms with E-state index < -0.39 is 0 Å². The minimum Gasteiger partial charge on any atom is -0.412 e. The molecule has 1 unspecified atom stereocenters. The molecule has 0 saturated heterocycles. The number of nitrogens with two attached hydrogens (primary N) is 1. The van der Waals surface area contributed by atoms with Crippen molar-refractivity contribution < 1.29 is 10.6 Å². The zero-order valence-electron chi connectivity index (χ0n) is 12.7. The van der Waals surface area contributed by atoms with E-state index in [0.717, 1.165) is 19.3 Å². The van der Waals surface area contributed by atoms with Gasteiger partial charge in [-0.1, -0.05) is 59.3 Å². The average molecular weight is 261 g/mol. The minimum absolute atomic E-state index is 0. The van der Waals surface area contributed by atoms with Gasteiger partial charge in [-0.3, -0.25) is 0 Å². The van der Waals surface area contributed by atoms with Gasteiger partial charge >= 0.3 is 0 Å². The van der Waals surface area contributed by atoms with Crippen molar-refractivity contribution in [2.75, 3.05) is 6.61 Å². The van der Waals surface area contributed by atoms with Crippen LogP contribution in [-0.4, -0.2) is 22.7 Å². The van der Waals surface area contributed by atoms with Crippen LogP contribution in [0.25, 0.3) is 0 Å². The molecule has 0 saturated carbocycles. The molecule has 112 valence electrons. The van der Waals surface area contributed by atoms with Gasteiger partial charge in [0.1, 0.15) is 0 Å². The second-order valence-corrected chi connectivity index (χ2v) is 5.46. The molecule has 0 heterocycles. The smallest absolute Gasteiger partial charge is 0.0476 e. The predicted octanol–water partition coefficient (Wildman–Crippen LogP) is 3.04. The monoisotopic (exact) mass is 261 g/mol. The number of hydrogen-bond acceptors (Lipinski definition) is 2. The van der Waals surface area contributed by atoms with Crippen molar-refractivity contribution in [2.45, 2.75) is 84.1 Å². The van der Waals surface area contributed by atoms with Crippen molar-refractivity contribution in [3.05, 3.63) is 0 Å². The van der Waals surface area contributed by atoms with Gasteiger partial charge in [-0.05, 0) is 25.2 Å². The number of hydrogen-bond donors (Lipinski definition) is 2. The zero-order valence-corrected chi connectivity index (χ0v) is 12.7. The fraction of sp³-hybridized carbons (Fsp3) is 1.00. The SMILES string of the molecule is CCCCC(CO)C(N)(CCCC)CCCC.O. The van der Waals surface area contributed by atoms with Gasteiger partial charge in [-0.25, -0.2) is 0 Å². The number of aliphatic hydroxyl groups is 1. The fourth-order valence-electron chi connectivity index (χ4n) is 2.56. The Labute approximate surface area is 113 Å². The lowest BCUT2D eigenvalue weighted by atomic mass is 9.75. The van der Waals surface area contributed by atoms with E-state index in [1.165, 1.54) is 38.5 Å². The van der Waals surface area contributed by atoms with Crippen molar-refractivity contribution >= 4 is 0 Å². The molecular weight excluding hydrogens is 226 g/mol. The maximum atomic E-state index is 9.61. The van der Waals surface area contributed by atoms with Crippen LogP contribution in [0.1, 0.15) is 78.6 Å². The Bertz CT molecular complexity index is 166. The highest BCUT2D eigenvalue weighted by molar-refractivity contribution is 4.90. The fourth-order valence-corrected chi connectivity index (χ4v) is 2.56. The third-order valence-corrected chi connectivity index (χ3v) is 3.93.